The van der Waals surface area contributed by atoms with E-state index in [2.05, 4.69) is 0 Å². The van der Waals surface area contributed by atoms with Gasteiger partial charge in [-0.3, -0.25) is 4.79 Å². The second kappa shape index (κ2) is 5.17. The van der Waals surface area contributed by atoms with E-state index in [4.69, 9.17) is 0 Å². The van der Waals surface area contributed by atoms with Crippen LogP contribution < -0.4 is 0 Å². The minimum absolute atomic E-state index is 0.0584. The zero-order valence-corrected chi connectivity index (χ0v) is 11.9. The Labute approximate surface area is 113 Å². The molecule has 1 atom stereocenters. The minimum Gasteiger partial charge on any atom is -0.329 e. The van der Waals surface area contributed by atoms with Gasteiger partial charge in [0.15, 0.2) is 9.84 Å². The summed E-state index contributed by atoms with van der Waals surface area (Å²) in [5.41, 5.74) is 0.523. The van der Waals surface area contributed by atoms with E-state index in [1.165, 1.54) is 12.1 Å². The molecule has 1 aromatic rings. The summed E-state index contributed by atoms with van der Waals surface area (Å²) >= 11 is 0. The van der Waals surface area contributed by atoms with Crippen molar-refractivity contribution >= 4 is 15.7 Å². The van der Waals surface area contributed by atoms with Crippen molar-refractivity contribution in [1.29, 1.82) is 0 Å². The summed E-state index contributed by atoms with van der Waals surface area (Å²) in [5, 5.41) is 0. The molecular weight excluding hydrogens is 262 g/mol. The molecule has 1 aliphatic rings. The first-order valence-electron chi connectivity index (χ1n) is 6.21. The molecule has 19 heavy (non-hydrogen) atoms. The van der Waals surface area contributed by atoms with Crippen LogP contribution >= 0.6 is 0 Å². The van der Waals surface area contributed by atoms with Gasteiger partial charge in [0.2, 0.25) is 0 Å². The first kappa shape index (κ1) is 13.8. The molecule has 0 radical (unpaired) electrons. The number of carbonyl (C=O) groups is 1. The van der Waals surface area contributed by atoms with Crippen LogP contribution in [0, 0.1) is 0 Å². The van der Waals surface area contributed by atoms with Crippen LogP contribution in [0.2, 0.25) is 0 Å². The molecule has 4 nitrogen and oxygen atoms in total. The maximum Gasteiger partial charge on any atom is 0.254 e. The number of nitrogens with zero attached hydrogens (tertiary/aromatic N) is 1. The van der Waals surface area contributed by atoms with Gasteiger partial charge in [-0.25, -0.2) is 8.42 Å². The van der Waals surface area contributed by atoms with Gasteiger partial charge in [-0.1, -0.05) is 19.1 Å². The topological polar surface area (TPSA) is 54.5 Å². The Bertz CT molecular complexity index is 602. The molecule has 0 aliphatic carbocycles. The smallest absolute Gasteiger partial charge is 0.254 e. The molecule has 1 heterocycles. The highest BCUT2D eigenvalue weighted by Gasteiger charge is 2.24. The van der Waals surface area contributed by atoms with E-state index >= 15 is 0 Å². The van der Waals surface area contributed by atoms with E-state index in [1.807, 2.05) is 19.1 Å². The van der Waals surface area contributed by atoms with E-state index in [9.17, 15) is 13.2 Å². The predicted molar refractivity (Wildman–Crippen MR) is 73.8 cm³/mol. The lowest BCUT2D eigenvalue weighted by Gasteiger charge is -2.23. The highest BCUT2D eigenvalue weighted by atomic mass is 32.2. The van der Waals surface area contributed by atoms with Crippen LogP contribution in [0.5, 0.6) is 0 Å². The summed E-state index contributed by atoms with van der Waals surface area (Å²) in [4.78, 5) is 14.3. The Balaban J connectivity index is 2.21. The average Bonchev–Trinajstić information content (AvgIpc) is 2.85. The average molecular weight is 279 g/mol. The quantitative estimate of drug-likeness (QED) is 0.794. The van der Waals surface area contributed by atoms with Crippen molar-refractivity contribution in [3.05, 3.63) is 42.0 Å². The highest BCUT2D eigenvalue weighted by molar-refractivity contribution is 7.90. The second-order valence-electron chi connectivity index (χ2n) is 4.66. The third-order valence-corrected chi connectivity index (χ3v) is 4.40. The standard InChI is InChI=1S/C14H17NO3S/c1-3-12-5-4-10-15(12)14(16)11-6-8-13(9-7-11)19(2,17)18/h4-9,12H,3,10H2,1-2H3. The number of sulfone groups is 1. The number of hydrogen-bond acceptors (Lipinski definition) is 3. The van der Waals surface area contributed by atoms with Crippen molar-refractivity contribution in [2.75, 3.05) is 12.8 Å². The fourth-order valence-corrected chi connectivity index (χ4v) is 2.80. The van der Waals surface area contributed by atoms with E-state index in [1.54, 1.807) is 17.0 Å². The summed E-state index contributed by atoms with van der Waals surface area (Å²) in [7, 11) is -3.22. The molecule has 102 valence electrons. The number of benzene rings is 1. The van der Waals surface area contributed by atoms with Gasteiger partial charge in [-0.05, 0) is 30.7 Å². The minimum atomic E-state index is -3.22. The van der Waals surface area contributed by atoms with Crippen LogP contribution in [0.25, 0.3) is 0 Å². The van der Waals surface area contributed by atoms with Gasteiger partial charge in [-0.15, -0.1) is 0 Å². The molecule has 1 aromatic carbocycles. The van der Waals surface area contributed by atoms with Crippen molar-refractivity contribution in [2.24, 2.45) is 0 Å². The fraction of sp³-hybridized carbons (Fsp3) is 0.357. The number of rotatable bonds is 3. The van der Waals surface area contributed by atoms with E-state index < -0.39 is 9.84 Å². The van der Waals surface area contributed by atoms with Crippen molar-refractivity contribution in [1.82, 2.24) is 4.90 Å². The van der Waals surface area contributed by atoms with Crippen LogP contribution in [0.4, 0.5) is 0 Å². The monoisotopic (exact) mass is 279 g/mol. The lowest BCUT2D eigenvalue weighted by molar-refractivity contribution is 0.0747. The summed E-state index contributed by atoms with van der Waals surface area (Å²) in [6.07, 6.45) is 6.05. The van der Waals surface area contributed by atoms with Gasteiger partial charge in [-0.2, -0.15) is 0 Å². The molecule has 1 unspecified atom stereocenters. The third-order valence-electron chi connectivity index (χ3n) is 3.27. The van der Waals surface area contributed by atoms with Crippen LogP contribution in [0.1, 0.15) is 23.7 Å². The van der Waals surface area contributed by atoms with Crippen LogP contribution in [0.15, 0.2) is 41.3 Å². The molecule has 0 bridgehead atoms. The van der Waals surface area contributed by atoms with Gasteiger partial charge in [0.1, 0.15) is 0 Å². The van der Waals surface area contributed by atoms with Gasteiger partial charge in [0.05, 0.1) is 10.9 Å². The summed E-state index contributed by atoms with van der Waals surface area (Å²) in [6, 6.07) is 6.25. The van der Waals surface area contributed by atoms with Crippen LogP contribution in [-0.2, 0) is 9.84 Å². The van der Waals surface area contributed by atoms with Gasteiger partial charge in [0.25, 0.3) is 5.91 Å². The zero-order chi connectivity index (χ0) is 14.0. The molecular formula is C14H17NO3S. The molecule has 5 heteroatoms. The first-order valence-corrected chi connectivity index (χ1v) is 8.10. The molecule has 0 saturated carbocycles. The molecule has 1 amide bonds. The van der Waals surface area contributed by atoms with Crippen molar-refractivity contribution < 1.29 is 13.2 Å². The Morgan fingerprint density at radius 2 is 1.95 bits per heavy atom. The molecule has 1 aliphatic heterocycles. The first-order chi connectivity index (χ1) is 8.93. The number of hydrogen-bond donors (Lipinski definition) is 0. The molecule has 0 fully saturated rings. The third kappa shape index (κ3) is 2.87. The largest absolute Gasteiger partial charge is 0.329 e. The highest BCUT2D eigenvalue weighted by Crippen LogP contribution is 2.18. The Kier molecular flexibility index (Phi) is 3.75. The molecule has 2 rings (SSSR count). The van der Waals surface area contributed by atoms with E-state index in [0.29, 0.717) is 12.1 Å². The van der Waals surface area contributed by atoms with E-state index in [-0.39, 0.29) is 16.8 Å². The lowest BCUT2D eigenvalue weighted by Crippen LogP contribution is -2.35. The van der Waals surface area contributed by atoms with Gasteiger partial charge >= 0.3 is 0 Å². The SMILES string of the molecule is CCC1C=CCN1C(=O)c1ccc(S(C)(=O)=O)cc1. The second-order valence-corrected chi connectivity index (χ2v) is 6.67. The van der Waals surface area contributed by atoms with Crippen LogP contribution in [-0.4, -0.2) is 38.1 Å². The Morgan fingerprint density at radius 1 is 1.32 bits per heavy atom. The van der Waals surface area contributed by atoms with Crippen molar-refractivity contribution in [3.8, 4) is 0 Å². The maximum absolute atomic E-state index is 12.3. The summed E-state index contributed by atoms with van der Waals surface area (Å²) < 4.78 is 22.7. The predicted octanol–water partition coefficient (Wildman–Crippen LogP) is 1.88. The Hall–Kier alpha value is -1.62. The van der Waals surface area contributed by atoms with Crippen molar-refractivity contribution in [2.45, 2.75) is 24.3 Å². The fourth-order valence-electron chi connectivity index (χ4n) is 2.17. The summed E-state index contributed by atoms with van der Waals surface area (Å²) in [5.74, 6) is -0.0584. The molecule has 0 N–H and O–H groups in total. The maximum atomic E-state index is 12.3. The normalized spacial score (nSPS) is 18.8. The molecule has 0 saturated heterocycles. The van der Waals surface area contributed by atoms with E-state index in [0.717, 1.165) is 12.7 Å². The summed E-state index contributed by atoms with van der Waals surface area (Å²) in [6.45, 7) is 2.65. The van der Waals surface area contributed by atoms with Crippen molar-refractivity contribution in [3.63, 3.8) is 0 Å². The number of carbonyl (C=O) groups excluding carboxylic acids is 1. The Morgan fingerprint density at radius 3 is 2.47 bits per heavy atom. The molecule has 0 aromatic heterocycles. The lowest BCUT2D eigenvalue weighted by atomic mass is 10.1. The molecule has 0 spiro atoms. The van der Waals surface area contributed by atoms with Gasteiger partial charge < -0.3 is 4.90 Å². The van der Waals surface area contributed by atoms with Crippen LogP contribution in [0.3, 0.4) is 0 Å². The number of amides is 1. The van der Waals surface area contributed by atoms with Gasteiger partial charge in [0, 0.05) is 18.4 Å². The zero-order valence-electron chi connectivity index (χ0n) is 11.0.